The van der Waals surface area contributed by atoms with Crippen LogP contribution in [0.4, 0.5) is 13.2 Å². The maximum atomic E-state index is 13.4. The highest BCUT2D eigenvalue weighted by Crippen LogP contribution is 2.36. The molecule has 1 saturated carbocycles. The van der Waals surface area contributed by atoms with Gasteiger partial charge in [-0.1, -0.05) is 48.5 Å². The number of rotatable bonds is 7. The van der Waals surface area contributed by atoms with Gasteiger partial charge >= 0.3 is 6.18 Å². The van der Waals surface area contributed by atoms with Gasteiger partial charge in [0.15, 0.2) is 0 Å². The second-order valence-corrected chi connectivity index (χ2v) is 8.99. The molecule has 2 aliphatic rings. The molecule has 0 N–H and O–H groups in total. The molecule has 1 aliphatic heterocycles. The number of hydrogen-bond acceptors (Lipinski definition) is 2. The number of aryl methyl sites for hydroxylation is 1. The predicted molar refractivity (Wildman–Crippen MR) is 119 cm³/mol. The van der Waals surface area contributed by atoms with Crippen molar-refractivity contribution in [1.82, 2.24) is 9.80 Å². The lowest BCUT2D eigenvalue weighted by atomic mass is 9.94. The lowest BCUT2D eigenvalue weighted by molar-refractivity contribution is -0.143. The van der Waals surface area contributed by atoms with Gasteiger partial charge < -0.3 is 9.80 Å². The summed E-state index contributed by atoms with van der Waals surface area (Å²) < 4.78 is 40.3. The number of carbonyl (C=O) groups excluding carboxylic acids is 2. The van der Waals surface area contributed by atoms with Crippen molar-refractivity contribution < 1.29 is 22.8 Å². The highest BCUT2D eigenvalue weighted by Gasteiger charge is 2.39. The number of nitrogens with zero attached hydrogens (tertiary/aromatic N) is 2. The average molecular weight is 459 g/mol. The molecule has 0 bridgehead atoms. The van der Waals surface area contributed by atoms with Gasteiger partial charge in [-0.25, -0.2) is 0 Å². The molecule has 0 spiro atoms. The van der Waals surface area contributed by atoms with Crippen LogP contribution in [0.2, 0.25) is 0 Å². The Balaban J connectivity index is 1.34. The molecule has 0 aromatic heterocycles. The number of alkyl halides is 3. The van der Waals surface area contributed by atoms with Gasteiger partial charge in [0.05, 0.1) is 5.56 Å². The molecule has 1 saturated heterocycles. The third kappa shape index (κ3) is 5.95. The molecule has 0 unspecified atom stereocenters. The number of piperidine rings is 1. The number of hydrogen-bond donors (Lipinski definition) is 0. The molecule has 33 heavy (non-hydrogen) atoms. The lowest BCUT2D eigenvalue weighted by Crippen LogP contribution is -2.45. The molecule has 0 atom stereocenters. The fraction of sp³-hybridized carbons (Fsp3) is 0.462. The molecule has 2 amide bonds. The summed E-state index contributed by atoms with van der Waals surface area (Å²) in [5.41, 5.74) is 0.580. The highest BCUT2D eigenvalue weighted by molar-refractivity contribution is 5.81. The van der Waals surface area contributed by atoms with Crippen LogP contribution in [-0.2, 0) is 28.7 Å². The van der Waals surface area contributed by atoms with Gasteiger partial charge in [-0.05, 0) is 49.3 Å². The van der Waals surface area contributed by atoms with Crippen molar-refractivity contribution in [3.8, 4) is 0 Å². The molecule has 2 aromatic rings. The first-order valence-electron chi connectivity index (χ1n) is 11.6. The molecule has 4 nitrogen and oxygen atoms in total. The van der Waals surface area contributed by atoms with Gasteiger partial charge in [-0.3, -0.25) is 9.59 Å². The number of halogens is 3. The van der Waals surface area contributed by atoms with E-state index >= 15 is 0 Å². The van der Waals surface area contributed by atoms with E-state index in [1.54, 1.807) is 11.0 Å². The smallest absolute Gasteiger partial charge is 0.343 e. The topological polar surface area (TPSA) is 40.6 Å². The largest absolute Gasteiger partial charge is 0.416 e. The predicted octanol–water partition coefficient (Wildman–Crippen LogP) is 5.07. The third-order valence-electron chi connectivity index (χ3n) is 6.60. The monoisotopic (exact) mass is 458 g/mol. The first kappa shape index (κ1) is 23.3. The quantitative estimate of drug-likeness (QED) is 0.582. The molecule has 7 heteroatoms. The standard InChI is InChI=1S/C26H29F3N2O2/c27-26(28,29)23-9-5-4-8-21(23)18-31(22-11-12-22)25(33)20-14-16-30(17-15-20)24(32)13-10-19-6-2-1-3-7-19/h1-9,20,22H,10-18H2. The summed E-state index contributed by atoms with van der Waals surface area (Å²) in [6.07, 6.45) is -0.550. The Labute approximate surface area is 192 Å². The fourth-order valence-electron chi connectivity index (χ4n) is 4.56. The zero-order chi connectivity index (χ0) is 23.4. The molecule has 4 rings (SSSR count). The molecule has 1 heterocycles. The molecule has 176 valence electrons. The summed E-state index contributed by atoms with van der Waals surface area (Å²) in [6.45, 7) is 1.01. The summed E-state index contributed by atoms with van der Waals surface area (Å²) in [6, 6.07) is 15.4. The van der Waals surface area contributed by atoms with Crippen molar-refractivity contribution in [2.75, 3.05) is 13.1 Å². The van der Waals surface area contributed by atoms with Gasteiger partial charge in [-0.15, -0.1) is 0 Å². The zero-order valence-corrected chi connectivity index (χ0v) is 18.6. The number of amides is 2. The molecule has 1 aliphatic carbocycles. The van der Waals surface area contributed by atoms with Crippen molar-refractivity contribution in [3.05, 3.63) is 71.3 Å². The zero-order valence-electron chi connectivity index (χ0n) is 18.6. The second kappa shape index (κ2) is 9.98. The molecular formula is C26H29F3N2O2. The van der Waals surface area contributed by atoms with Crippen molar-refractivity contribution in [2.24, 2.45) is 5.92 Å². The number of likely N-dealkylation sites (tertiary alicyclic amines) is 1. The summed E-state index contributed by atoms with van der Waals surface area (Å²) in [5, 5.41) is 0. The van der Waals surface area contributed by atoms with Gasteiger partial charge in [0, 0.05) is 38.0 Å². The summed E-state index contributed by atoms with van der Waals surface area (Å²) in [5.74, 6) is -0.240. The van der Waals surface area contributed by atoms with E-state index in [0.29, 0.717) is 38.8 Å². The van der Waals surface area contributed by atoms with Gasteiger partial charge in [-0.2, -0.15) is 13.2 Å². The van der Waals surface area contributed by atoms with E-state index in [4.69, 9.17) is 0 Å². The first-order chi connectivity index (χ1) is 15.8. The molecular weight excluding hydrogens is 429 g/mol. The van der Waals surface area contributed by atoms with Crippen LogP contribution in [-0.4, -0.2) is 40.7 Å². The molecule has 2 fully saturated rings. The minimum atomic E-state index is -4.44. The summed E-state index contributed by atoms with van der Waals surface area (Å²) in [7, 11) is 0. The van der Waals surface area contributed by atoms with E-state index in [1.807, 2.05) is 35.2 Å². The minimum Gasteiger partial charge on any atom is -0.343 e. The summed E-state index contributed by atoms with van der Waals surface area (Å²) >= 11 is 0. The fourth-order valence-corrected chi connectivity index (χ4v) is 4.56. The third-order valence-corrected chi connectivity index (χ3v) is 6.60. The highest BCUT2D eigenvalue weighted by atomic mass is 19.4. The van der Waals surface area contributed by atoms with E-state index in [2.05, 4.69) is 0 Å². The Morgan fingerprint density at radius 1 is 0.909 bits per heavy atom. The van der Waals surface area contributed by atoms with Crippen LogP contribution in [0.1, 0.15) is 48.8 Å². The maximum Gasteiger partial charge on any atom is 0.416 e. The van der Waals surface area contributed by atoms with Gasteiger partial charge in [0.2, 0.25) is 11.8 Å². The SMILES string of the molecule is O=C(CCc1ccccc1)N1CCC(C(=O)N(Cc2ccccc2C(F)(F)F)C2CC2)CC1. The minimum absolute atomic E-state index is 0.0179. The van der Waals surface area contributed by atoms with E-state index in [-0.39, 0.29) is 35.9 Å². The van der Waals surface area contributed by atoms with Gasteiger partial charge in [0.25, 0.3) is 0 Å². The number of carbonyl (C=O) groups is 2. The second-order valence-electron chi connectivity index (χ2n) is 8.99. The van der Waals surface area contributed by atoms with Crippen LogP contribution >= 0.6 is 0 Å². The van der Waals surface area contributed by atoms with Gasteiger partial charge in [0.1, 0.15) is 0 Å². The van der Waals surface area contributed by atoms with Crippen LogP contribution in [0.5, 0.6) is 0 Å². The Bertz CT molecular complexity index is 965. The average Bonchev–Trinajstić information content (AvgIpc) is 3.66. The van der Waals surface area contributed by atoms with Crippen LogP contribution in [0, 0.1) is 5.92 Å². The number of benzene rings is 2. The van der Waals surface area contributed by atoms with Crippen molar-refractivity contribution >= 4 is 11.8 Å². The van der Waals surface area contributed by atoms with Crippen LogP contribution in [0.25, 0.3) is 0 Å². The Morgan fingerprint density at radius 2 is 1.55 bits per heavy atom. The van der Waals surface area contributed by atoms with E-state index < -0.39 is 11.7 Å². The van der Waals surface area contributed by atoms with Crippen LogP contribution in [0.15, 0.2) is 54.6 Å². The Morgan fingerprint density at radius 3 is 2.18 bits per heavy atom. The van der Waals surface area contributed by atoms with E-state index in [0.717, 1.165) is 24.5 Å². The van der Waals surface area contributed by atoms with Crippen molar-refractivity contribution in [3.63, 3.8) is 0 Å². The van der Waals surface area contributed by atoms with E-state index in [1.165, 1.54) is 12.1 Å². The first-order valence-corrected chi connectivity index (χ1v) is 11.6. The normalized spacial score (nSPS) is 17.1. The molecule has 0 radical (unpaired) electrons. The Hall–Kier alpha value is -2.83. The van der Waals surface area contributed by atoms with Crippen molar-refractivity contribution in [1.29, 1.82) is 0 Å². The maximum absolute atomic E-state index is 13.4. The Kier molecular flexibility index (Phi) is 7.05. The molecule has 2 aromatic carbocycles. The van der Waals surface area contributed by atoms with Crippen molar-refractivity contribution in [2.45, 2.75) is 57.3 Å². The van der Waals surface area contributed by atoms with Crippen LogP contribution in [0.3, 0.4) is 0 Å². The summed E-state index contributed by atoms with van der Waals surface area (Å²) in [4.78, 5) is 29.3. The van der Waals surface area contributed by atoms with E-state index in [9.17, 15) is 22.8 Å². The lowest BCUT2D eigenvalue weighted by Gasteiger charge is -2.35. The van der Waals surface area contributed by atoms with Crippen LogP contribution < -0.4 is 0 Å².